The molecule has 94 valence electrons. The summed E-state index contributed by atoms with van der Waals surface area (Å²) in [6.45, 7) is 8.21. The molecule has 0 saturated heterocycles. The molecule has 1 fully saturated rings. The Kier molecular flexibility index (Phi) is 3.26. The Balaban J connectivity index is 2.38. The number of aliphatic hydroxyl groups is 1. The van der Waals surface area contributed by atoms with Gasteiger partial charge in [-0.2, -0.15) is 0 Å². The lowest BCUT2D eigenvalue weighted by Gasteiger charge is -2.47. The second-order valence-electron chi connectivity index (χ2n) is 5.88. The molecule has 1 N–H and O–H groups in total. The first-order valence-electron chi connectivity index (χ1n) is 6.50. The van der Waals surface area contributed by atoms with Crippen LogP contribution in [0, 0.1) is 11.3 Å². The van der Waals surface area contributed by atoms with Crippen molar-refractivity contribution in [1.29, 1.82) is 0 Å². The highest BCUT2D eigenvalue weighted by Gasteiger charge is 2.44. The van der Waals surface area contributed by atoms with E-state index in [0.29, 0.717) is 5.92 Å². The largest absolute Gasteiger partial charge is 0.392 e. The maximum Gasteiger partial charge on any atom is 0.146 e. The molecule has 0 aromatic carbocycles. The number of rotatable bonds is 2. The molecular weight excluding hydrogens is 212 g/mol. The van der Waals surface area contributed by atoms with Crippen LogP contribution in [0.25, 0.3) is 0 Å². The Labute approximate surface area is 103 Å². The topological polar surface area (TPSA) is 37.3 Å². The number of carbonyl (C=O) groups is 1. The zero-order chi connectivity index (χ0) is 12.6. The molecule has 0 aromatic rings. The number of carbonyl (C=O) groups excluding carboxylic acids is 1. The first-order valence-corrected chi connectivity index (χ1v) is 6.50. The van der Waals surface area contributed by atoms with Gasteiger partial charge in [0.2, 0.25) is 0 Å². The van der Waals surface area contributed by atoms with Gasteiger partial charge in [0.1, 0.15) is 6.29 Å². The van der Waals surface area contributed by atoms with E-state index in [4.69, 9.17) is 0 Å². The molecule has 0 amide bonds. The van der Waals surface area contributed by atoms with E-state index in [9.17, 15) is 9.90 Å². The van der Waals surface area contributed by atoms with Crippen molar-refractivity contribution in [2.45, 2.75) is 52.1 Å². The first-order chi connectivity index (χ1) is 7.99. The van der Waals surface area contributed by atoms with Crippen LogP contribution in [0.4, 0.5) is 0 Å². The predicted octanol–water partition coefficient (Wildman–Crippen LogP) is 3.02. The summed E-state index contributed by atoms with van der Waals surface area (Å²) in [5, 5.41) is 10.2. The van der Waals surface area contributed by atoms with E-state index in [-0.39, 0.29) is 11.5 Å². The Morgan fingerprint density at radius 1 is 1.53 bits per heavy atom. The lowest BCUT2D eigenvalue weighted by molar-refractivity contribution is -0.105. The van der Waals surface area contributed by atoms with Gasteiger partial charge >= 0.3 is 0 Å². The van der Waals surface area contributed by atoms with Gasteiger partial charge in [-0.25, -0.2) is 0 Å². The van der Waals surface area contributed by atoms with Crippen molar-refractivity contribution in [2.24, 2.45) is 11.3 Å². The second kappa shape index (κ2) is 4.41. The quantitative estimate of drug-likeness (QED) is 0.589. The Morgan fingerprint density at radius 2 is 2.24 bits per heavy atom. The molecule has 3 atom stereocenters. The lowest BCUT2D eigenvalue weighted by Crippen LogP contribution is -2.42. The number of allylic oxidation sites excluding steroid dienone is 2. The van der Waals surface area contributed by atoms with E-state index in [2.05, 4.69) is 20.4 Å². The molecule has 0 spiro atoms. The zero-order valence-electron chi connectivity index (χ0n) is 10.8. The van der Waals surface area contributed by atoms with Crippen LogP contribution in [0.2, 0.25) is 0 Å². The minimum absolute atomic E-state index is 0.166. The minimum Gasteiger partial charge on any atom is -0.392 e. The van der Waals surface area contributed by atoms with Crippen LogP contribution < -0.4 is 0 Å². The predicted molar refractivity (Wildman–Crippen MR) is 68.6 cm³/mol. The summed E-state index contributed by atoms with van der Waals surface area (Å²) in [5.41, 5.74) is 3.17. The first kappa shape index (κ1) is 12.6. The summed E-state index contributed by atoms with van der Waals surface area (Å²) in [4.78, 5) is 11.2. The molecule has 17 heavy (non-hydrogen) atoms. The highest BCUT2D eigenvalue weighted by molar-refractivity contribution is 5.75. The summed E-state index contributed by atoms with van der Waals surface area (Å²) < 4.78 is 0. The van der Waals surface area contributed by atoms with Crippen molar-refractivity contribution >= 4 is 6.29 Å². The number of hydrogen-bond acceptors (Lipinski definition) is 2. The van der Waals surface area contributed by atoms with Crippen molar-refractivity contribution in [3.8, 4) is 0 Å². The van der Waals surface area contributed by atoms with Crippen molar-refractivity contribution in [3.63, 3.8) is 0 Å². The highest BCUT2D eigenvalue weighted by Crippen LogP contribution is 2.51. The van der Waals surface area contributed by atoms with Gasteiger partial charge < -0.3 is 5.11 Å². The molecular formula is C15H22O2. The monoisotopic (exact) mass is 234 g/mol. The Bertz CT molecular complexity index is 380. The summed E-state index contributed by atoms with van der Waals surface area (Å²) in [7, 11) is 0. The fraction of sp³-hybridized carbons (Fsp3) is 0.667. The SMILES string of the molecule is C=C(C)[C@H]1CC[C@@]2(C)C(=C(C=O)CC[C@@H]2O)C1. The summed E-state index contributed by atoms with van der Waals surface area (Å²) in [6, 6.07) is 0. The maximum absolute atomic E-state index is 11.2. The number of aldehydes is 1. The molecule has 0 bridgehead atoms. The zero-order valence-corrected chi connectivity index (χ0v) is 10.8. The number of aliphatic hydroxyl groups excluding tert-OH is 1. The van der Waals surface area contributed by atoms with Crippen LogP contribution in [-0.4, -0.2) is 17.5 Å². The van der Waals surface area contributed by atoms with Gasteiger partial charge in [0.15, 0.2) is 0 Å². The molecule has 1 saturated carbocycles. The maximum atomic E-state index is 11.2. The van der Waals surface area contributed by atoms with Gasteiger partial charge in [0.25, 0.3) is 0 Å². The van der Waals surface area contributed by atoms with Crippen molar-refractivity contribution < 1.29 is 9.90 Å². The standard InChI is InChI=1S/C15H22O2/c1-10(2)11-6-7-15(3)13(8-11)12(9-16)4-5-14(15)17/h9,11,14,17H,1,4-8H2,2-3H3/t11-,14-,15-/m0/s1. The third-order valence-electron chi connectivity index (χ3n) is 4.80. The summed E-state index contributed by atoms with van der Waals surface area (Å²) in [6.07, 6.45) is 5.14. The smallest absolute Gasteiger partial charge is 0.146 e. The van der Waals surface area contributed by atoms with Gasteiger partial charge in [0, 0.05) is 5.41 Å². The van der Waals surface area contributed by atoms with Crippen LogP contribution in [-0.2, 0) is 4.79 Å². The van der Waals surface area contributed by atoms with Crippen LogP contribution in [0.1, 0.15) is 46.0 Å². The molecule has 0 radical (unpaired) electrons. The molecule has 0 unspecified atom stereocenters. The van der Waals surface area contributed by atoms with E-state index in [1.54, 1.807) is 0 Å². The number of fused-ring (bicyclic) bond motifs is 1. The Morgan fingerprint density at radius 3 is 2.82 bits per heavy atom. The summed E-state index contributed by atoms with van der Waals surface area (Å²) >= 11 is 0. The normalized spacial score (nSPS) is 37.6. The molecule has 0 aromatic heterocycles. The Hall–Kier alpha value is -0.890. The van der Waals surface area contributed by atoms with Crippen molar-refractivity contribution in [2.75, 3.05) is 0 Å². The molecule has 2 aliphatic carbocycles. The molecule has 2 rings (SSSR count). The van der Waals surface area contributed by atoms with Gasteiger partial charge in [-0.15, -0.1) is 0 Å². The average molecular weight is 234 g/mol. The van der Waals surface area contributed by atoms with E-state index in [1.165, 1.54) is 11.1 Å². The van der Waals surface area contributed by atoms with Crippen molar-refractivity contribution in [1.82, 2.24) is 0 Å². The highest BCUT2D eigenvalue weighted by atomic mass is 16.3. The van der Waals surface area contributed by atoms with Gasteiger partial charge in [-0.05, 0) is 50.5 Å². The van der Waals surface area contributed by atoms with E-state index < -0.39 is 0 Å². The van der Waals surface area contributed by atoms with Crippen LogP contribution in [0.3, 0.4) is 0 Å². The molecule has 2 aliphatic rings. The van der Waals surface area contributed by atoms with Crippen LogP contribution in [0.5, 0.6) is 0 Å². The minimum atomic E-state index is -0.285. The van der Waals surface area contributed by atoms with Gasteiger partial charge in [-0.3, -0.25) is 4.79 Å². The van der Waals surface area contributed by atoms with Gasteiger partial charge in [0.05, 0.1) is 6.10 Å². The fourth-order valence-electron chi connectivity index (χ4n) is 3.38. The van der Waals surface area contributed by atoms with E-state index >= 15 is 0 Å². The molecule has 0 aliphatic heterocycles. The molecule has 2 nitrogen and oxygen atoms in total. The van der Waals surface area contributed by atoms with Crippen LogP contribution >= 0.6 is 0 Å². The fourth-order valence-corrected chi connectivity index (χ4v) is 3.38. The van der Waals surface area contributed by atoms with Crippen LogP contribution in [0.15, 0.2) is 23.3 Å². The molecule has 2 heteroatoms. The van der Waals surface area contributed by atoms with Gasteiger partial charge in [-0.1, -0.05) is 24.6 Å². The van der Waals surface area contributed by atoms with E-state index in [0.717, 1.165) is 44.0 Å². The molecule has 0 heterocycles. The van der Waals surface area contributed by atoms with Crippen molar-refractivity contribution in [3.05, 3.63) is 23.3 Å². The number of hydrogen-bond donors (Lipinski definition) is 1. The second-order valence-corrected chi connectivity index (χ2v) is 5.88. The third-order valence-corrected chi connectivity index (χ3v) is 4.80. The van der Waals surface area contributed by atoms with E-state index in [1.807, 2.05) is 0 Å². The summed E-state index contributed by atoms with van der Waals surface area (Å²) in [5.74, 6) is 0.485. The average Bonchev–Trinajstić information content (AvgIpc) is 2.30. The third kappa shape index (κ3) is 1.99. The lowest BCUT2D eigenvalue weighted by atomic mass is 9.59.